The molecule has 0 aliphatic carbocycles. The fourth-order valence-corrected chi connectivity index (χ4v) is 3.10. The molecule has 2 aromatic carbocycles. The lowest BCUT2D eigenvalue weighted by Gasteiger charge is -2.09. The summed E-state index contributed by atoms with van der Waals surface area (Å²) in [6.07, 6.45) is 1.67. The van der Waals surface area contributed by atoms with Gasteiger partial charge < -0.3 is 5.32 Å². The Kier molecular flexibility index (Phi) is 5.50. The summed E-state index contributed by atoms with van der Waals surface area (Å²) in [7, 11) is 0. The predicted molar refractivity (Wildman–Crippen MR) is 101 cm³/mol. The molecule has 0 unspecified atom stereocenters. The highest BCUT2D eigenvalue weighted by Crippen LogP contribution is 2.22. The maximum atomic E-state index is 12.1. The van der Waals surface area contributed by atoms with Crippen molar-refractivity contribution in [1.29, 1.82) is 0 Å². The molecular weight excluding hydrogens is 332 g/mol. The SMILES string of the molecule is CC(C)c1ccc(-n2cnnc2SCC(=O)Nc2ccccc2)cc1. The number of amides is 1. The zero-order chi connectivity index (χ0) is 17.6. The average Bonchev–Trinajstić information content (AvgIpc) is 3.09. The van der Waals surface area contributed by atoms with Gasteiger partial charge >= 0.3 is 0 Å². The Morgan fingerprint density at radius 2 is 1.84 bits per heavy atom. The second kappa shape index (κ2) is 7.98. The zero-order valence-electron chi connectivity index (χ0n) is 14.2. The molecule has 3 rings (SSSR count). The Hall–Kier alpha value is -2.60. The van der Waals surface area contributed by atoms with Crippen molar-refractivity contribution in [2.45, 2.75) is 24.9 Å². The van der Waals surface area contributed by atoms with E-state index in [1.165, 1.54) is 17.3 Å². The quantitative estimate of drug-likeness (QED) is 0.678. The van der Waals surface area contributed by atoms with Crippen LogP contribution in [0.3, 0.4) is 0 Å². The first-order chi connectivity index (χ1) is 12.1. The summed E-state index contributed by atoms with van der Waals surface area (Å²) in [5.74, 6) is 0.698. The van der Waals surface area contributed by atoms with Crippen molar-refractivity contribution in [3.8, 4) is 5.69 Å². The third-order valence-corrected chi connectivity index (χ3v) is 4.69. The number of rotatable bonds is 6. The Morgan fingerprint density at radius 3 is 2.52 bits per heavy atom. The van der Waals surface area contributed by atoms with E-state index in [2.05, 4.69) is 41.5 Å². The molecule has 5 nitrogen and oxygen atoms in total. The highest BCUT2D eigenvalue weighted by Gasteiger charge is 2.11. The van der Waals surface area contributed by atoms with E-state index in [4.69, 9.17) is 0 Å². The van der Waals surface area contributed by atoms with Crippen LogP contribution in [-0.4, -0.2) is 26.4 Å². The molecule has 0 bridgehead atoms. The van der Waals surface area contributed by atoms with Crippen LogP contribution in [-0.2, 0) is 4.79 Å². The van der Waals surface area contributed by atoms with Gasteiger partial charge in [0.05, 0.1) is 5.75 Å². The smallest absolute Gasteiger partial charge is 0.234 e. The summed E-state index contributed by atoms with van der Waals surface area (Å²) in [5.41, 5.74) is 3.06. The van der Waals surface area contributed by atoms with Gasteiger partial charge in [-0.3, -0.25) is 9.36 Å². The number of anilines is 1. The van der Waals surface area contributed by atoms with E-state index in [1.807, 2.05) is 47.0 Å². The number of aromatic nitrogens is 3. The van der Waals surface area contributed by atoms with Crippen LogP contribution in [0, 0.1) is 0 Å². The number of hydrogen-bond acceptors (Lipinski definition) is 4. The van der Waals surface area contributed by atoms with Crippen molar-refractivity contribution in [2.75, 3.05) is 11.1 Å². The third kappa shape index (κ3) is 4.48. The van der Waals surface area contributed by atoms with Crippen LogP contribution < -0.4 is 5.32 Å². The number of benzene rings is 2. The summed E-state index contributed by atoms with van der Waals surface area (Å²) >= 11 is 1.36. The van der Waals surface area contributed by atoms with Crippen molar-refractivity contribution in [2.24, 2.45) is 0 Å². The molecule has 1 amide bonds. The average molecular weight is 352 g/mol. The minimum Gasteiger partial charge on any atom is -0.325 e. The van der Waals surface area contributed by atoms with Crippen molar-refractivity contribution in [1.82, 2.24) is 14.8 Å². The molecule has 0 radical (unpaired) electrons. The molecule has 1 aromatic heterocycles. The van der Waals surface area contributed by atoms with Crippen LogP contribution in [0.1, 0.15) is 25.3 Å². The van der Waals surface area contributed by atoms with Crippen LogP contribution in [0.15, 0.2) is 66.1 Å². The van der Waals surface area contributed by atoms with Crippen molar-refractivity contribution >= 4 is 23.4 Å². The Morgan fingerprint density at radius 1 is 1.12 bits per heavy atom. The fraction of sp³-hybridized carbons (Fsp3) is 0.211. The molecule has 0 saturated carbocycles. The number of carbonyl (C=O) groups is 1. The summed E-state index contributed by atoms with van der Waals surface area (Å²) in [5, 5.41) is 11.7. The number of thioether (sulfide) groups is 1. The molecule has 0 aliphatic heterocycles. The lowest BCUT2D eigenvalue weighted by molar-refractivity contribution is -0.113. The molecule has 128 valence electrons. The van der Waals surface area contributed by atoms with Crippen molar-refractivity contribution < 1.29 is 4.79 Å². The molecule has 0 atom stereocenters. The Bertz CT molecular complexity index is 828. The molecular formula is C19H20N4OS. The highest BCUT2D eigenvalue weighted by atomic mass is 32.2. The molecule has 0 fully saturated rings. The van der Waals surface area contributed by atoms with Crippen LogP contribution in [0.5, 0.6) is 0 Å². The first kappa shape index (κ1) is 17.2. The Balaban J connectivity index is 1.64. The summed E-state index contributed by atoms with van der Waals surface area (Å²) in [6.45, 7) is 4.33. The first-order valence-electron chi connectivity index (χ1n) is 8.11. The number of para-hydroxylation sites is 1. The number of hydrogen-bond donors (Lipinski definition) is 1. The number of carbonyl (C=O) groups excluding carboxylic acids is 1. The molecule has 6 heteroatoms. The summed E-state index contributed by atoms with van der Waals surface area (Å²) in [6, 6.07) is 17.7. The topological polar surface area (TPSA) is 59.8 Å². The van der Waals surface area contributed by atoms with Crippen LogP contribution in [0.2, 0.25) is 0 Å². The second-order valence-electron chi connectivity index (χ2n) is 5.93. The minimum absolute atomic E-state index is 0.0686. The molecule has 3 aromatic rings. The number of nitrogens with zero attached hydrogens (tertiary/aromatic N) is 3. The minimum atomic E-state index is -0.0686. The van der Waals surface area contributed by atoms with Gasteiger partial charge in [-0.05, 0) is 35.7 Å². The molecule has 0 spiro atoms. The van der Waals surface area contributed by atoms with Gasteiger partial charge in [0.15, 0.2) is 5.16 Å². The zero-order valence-corrected chi connectivity index (χ0v) is 15.0. The first-order valence-corrected chi connectivity index (χ1v) is 9.10. The lowest BCUT2D eigenvalue weighted by Crippen LogP contribution is -2.14. The standard InChI is InChI=1S/C19H20N4OS/c1-14(2)15-8-10-17(11-9-15)23-13-20-22-19(23)25-12-18(24)21-16-6-4-3-5-7-16/h3-11,13-14H,12H2,1-2H3,(H,21,24). The van der Waals surface area contributed by atoms with Gasteiger partial charge in [0, 0.05) is 11.4 Å². The maximum Gasteiger partial charge on any atom is 0.234 e. The monoisotopic (exact) mass is 352 g/mol. The van der Waals surface area contributed by atoms with Gasteiger partial charge in [0.25, 0.3) is 0 Å². The van der Waals surface area contributed by atoms with E-state index >= 15 is 0 Å². The van der Waals surface area contributed by atoms with E-state index in [1.54, 1.807) is 6.33 Å². The van der Waals surface area contributed by atoms with Crippen LogP contribution in [0.4, 0.5) is 5.69 Å². The van der Waals surface area contributed by atoms with Gasteiger partial charge in [0.1, 0.15) is 6.33 Å². The van der Waals surface area contributed by atoms with E-state index in [0.29, 0.717) is 11.1 Å². The van der Waals surface area contributed by atoms with E-state index in [0.717, 1.165) is 11.4 Å². The predicted octanol–water partition coefficient (Wildman–Crippen LogP) is 4.12. The highest BCUT2D eigenvalue weighted by molar-refractivity contribution is 7.99. The molecule has 1 heterocycles. The largest absolute Gasteiger partial charge is 0.325 e. The molecule has 0 aliphatic rings. The number of nitrogens with one attached hydrogen (secondary N) is 1. The molecule has 0 saturated heterocycles. The fourth-order valence-electron chi connectivity index (χ4n) is 2.37. The van der Waals surface area contributed by atoms with E-state index < -0.39 is 0 Å². The van der Waals surface area contributed by atoms with Gasteiger partial charge in [-0.15, -0.1) is 10.2 Å². The molecule has 25 heavy (non-hydrogen) atoms. The van der Waals surface area contributed by atoms with Gasteiger partial charge in [-0.2, -0.15) is 0 Å². The van der Waals surface area contributed by atoms with Crippen LogP contribution in [0.25, 0.3) is 5.69 Å². The Labute approximate surface area is 151 Å². The normalized spacial score (nSPS) is 10.8. The van der Waals surface area contributed by atoms with Crippen LogP contribution >= 0.6 is 11.8 Å². The maximum absolute atomic E-state index is 12.1. The molecule has 1 N–H and O–H groups in total. The van der Waals surface area contributed by atoms with E-state index in [9.17, 15) is 4.79 Å². The van der Waals surface area contributed by atoms with Gasteiger partial charge in [-0.1, -0.05) is 55.9 Å². The summed E-state index contributed by atoms with van der Waals surface area (Å²) in [4.78, 5) is 12.1. The van der Waals surface area contributed by atoms with E-state index in [-0.39, 0.29) is 11.7 Å². The lowest BCUT2D eigenvalue weighted by atomic mass is 10.0. The second-order valence-corrected chi connectivity index (χ2v) is 6.88. The van der Waals surface area contributed by atoms with Crippen molar-refractivity contribution in [3.63, 3.8) is 0 Å². The third-order valence-electron chi connectivity index (χ3n) is 3.74. The van der Waals surface area contributed by atoms with Gasteiger partial charge in [0.2, 0.25) is 5.91 Å². The van der Waals surface area contributed by atoms with Gasteiger partial charge in [-0.25, -0.2) is 0 Å². The van der Waals surface area contributed by atoms with Crippen molar-refractivity contribution in [3.05, 3.63) is 66.5 Å². The summed E-state index contributed by atoms with van der Waals surface area (Å²) < 4.78 is 1.89.